The van der Waals surface area contributed by atoms with Gasteiger partial charge < -0.3 is 9.31 Å². The third-order valence-electron chi connectivity index (χ3n) is 4.72. The molecule has 1 aliphatic heterocycles. The first-order valence-electron chi connectivity index (χ1n) is 7.78. The Kier molecular flexibility index (Phi) is 3.79. The van der Waals surface area contributed by atoms with Crippen LogP contribution in [-0.2, 0) is 9.31 Å². The molecule has 0 unspecified atom stereocenters. The van der Waals surface area contributed by atoms with Crippen LogP contribution in [-0.4, -0.2) is 18.3 Å². The standard InChI is InChI=1S/C19H20BNO2/c1-18(2)19(3,4)23-20(22-18)17-11-14(13-21)10-16(12-17)15-8-6-5-7-9-15/h5-12H,1-4H3. The summed E-state index contributed by atoms with van der Waals surface area (Å²) in [4.78, 5) is 0. The molecule has 0 aromatic heterocycles. The molecule has 4 heteroatoms. The van der Waals surface area contributed by atoms with Gasteiger partial charge >= 0.3 is 7.12 Å². The van der Waals surface area contributed by atoms with Crippen molar-refractivity contribution >= 4 is 12.6 Å². The molecule has 1 fully saturated rings. The second-order valence-electron chi connectivity index (χ2n) is 6.91. The van der Waals surface area contributed by atoms with Gasteiger partial charge in [0.05, 0.1) is 22.8 Å². The van der Waals surface area contributed by atoms with Crippen molar-refractivity contribution in [1.82, 2.24) is 0 Å². The molecule has 0 N–H and O–H groups in total. The summed E-state index contributed by atoms with van der Waals surface area (Å²) in [6.07, 6.45) is 0. The average molecular weight is 305 g/mol. The summed E-state index contributed by atoms with van der Waals surface area (Å²) in [5.74, 6) is 0. The number of hydrogen-bond acceptors (Lipinski definition) is 3. The van der Waals surface area contributed by atoms with E-state index in [2.05, 4.69) is 6.07 Å². The van der Waals surface area contributed by atoms with E-state index in [9.17, 15) is 5.26 Å². The van der Waals surface area contributed by atoms with Crippen molar-refractivity contribution < 1.29 is 9.31 Å². The summed E-state index contributed by atoms with van der Waals surface area (Å²) in [7, 11) is -0.462. The number of benzene rings is 2. The van der Waals surface area contributed by atoms with Gasteiger partial charge in [0.1, 0.15) is 0 Å². The lowest BCUT2D eigenvalue weighted by Crippen LogP contribution is -2.41. The summed E-state index contributed by atoms with van der Waals surface area (Å²) < 4.78 is 12.2. The maximum absolute atomic E-state index is 9.35. The lowest BCUT2D eigenvalue weighted by molar-refractivity contribution is 0.00578. The fourth-order valence-electron chi connectivity index (χ4n) is 2.63. The number of rotatable bonds is 2. The number of nitriles is 1. The number of hydrogen-bond donors (Lipinski definition) is 0. The van der Waals surface area contributed by atoms with Gasteiger partial charge in [-0.3, -0.25) is 0 Å². The first-order valence-corrected chi connectivity index (χ1v) is 7.78. The Morgan fingerprint density at radius 2 is 1.48 bits per heavy atom. The van der Waals surface area contributed by atoms with E-state index in [1.54, 1.807) is 0 Å². The van der Waals surface area contributed by atoms with E-state index in [0.29, 0.717) is 5.56 Å². The molecule has 3 nitrogen and oxygen atoms in total. The highest BCUT2D eigenvalue weighted by Gasteiger charge is 2.51. The van der Waals surface area contributed by atoms with E-state index >= 15 is 0 Å². The van der Waals surface area contributed by atoms with Gasteiger partial charge in [-0.05, 0) is 56.4 Å². The fraction of sp³-hybridized carbons (Fsp3) is 0.316. The van der Waals surface area contributed by atoms with E-state index in [4.69, 9.17) is 9.31 Å². The Morgan fingerprint density at radius 1 is 0.870 bits per heavy atom. The Labute approximate surface area is 138 Å². The minimum atomic E-state index is -0.462. The minimum Gasteiger partial charge on any atom is -0.399 e. The van der Waals surface area contributed by atoms with Crippen LogP contribution in [0.2, 0.25) is 0 Å². The lowest BCUT2D eigenvalue weighted by atomic mass is 9.77. The Bertz CT molecular complexity index is 747. The molecule has 0 saturated carbocycles. The molecule has 1 saturated heterocycles. The smallest absolute Gasteiger partial charge is 0.399 e. The predicted octanol–water partition coefficient (Wildman–Crippen LogP) is 3.52. The largest absolute Gasteiger partial charge is 0.494 e. The SMILES string of the molecule is CC1(C)OB(c2cc(C#N)cc(-c3ccccc3)c2)OC1(C)C. The van der Waals surface area contributed by atoms with Crippen molar-refractivity contribution in [3.63, 3.8) is 0 Å². The van der Waals surface area contributed by atoms with Gasteiger partial charge in [0, 0.05) is 0 Å². The van der Waals surface area contributed by atoms with Crippen molar-refractivity contribution in [3.8, 4) is 17.2 Å². The molecule has 3 rings (SSSR count). The summed E-state index contributed by atoms with van der Waals surface area (Å²) in [5.41, 5.74) is 2.76. The maximum atomic E-state index is 9.35. The van der Waals surface area contributed by atoms with E-state index in [1.807, 2.05) is 76.2 Å². The second kappa shape index (κ2) is 5.52. The van der Waals surface area contributed by atoms with Crippen molar-refractivity contribution in [2.24, 2.45) is 0 Å². The van der Waals surface area contributed by atoms with E-state index in [0.717, 1.165) is 16.6 Å². The highest BCUT2D eigenvalue weighted by Crippen LogP contribution is 2.36. The molecule has 1 heterocycles. The zero-order chi connectivity index (χ0) is 16.7. The monoisotopic (exact) mass is 305 g/mol. The highest BCUT2D eigenvalue weighted by molar-refractivity contribution is 6.62. The van der Waals surface area contributed by atoms with E-state index in [-0.39, 0.29) is 0 Å². The molecule has 0 atom stereocenters. The molecule has 0 aliphatic carbocycles. The molecule has 23 heavy (non-hydrogen) atoms. The van der Waals surface area contributed by atoms with Gasteiger partial charge in [-0.2, -0.15) is 5.26 Å². The van der Waals surface area contributed by atoms with Crippen molar-refractivity contribution in [2.75, 3.05) is 0 Å². The second-order valence-corrected chi connectivity index (χ2v) is 6.91. The zero-order valence-corrected chi connectivity index (χ0v) is 14.0. The van der Waals surface area contributed by atoms with Gasteiger partial charge in [0.25, 0.3) is 0 Å². The zero-order valence-electron chi connectivity index (χ0n) is 14.0. The minimum absolute atomic E-state index is 0.396. The molecular formula is C19H20BNO2. The van der Waals surface area contributed by atoms with Crippen LogP contribution >= 0.6 is 0 Å². The van der Waals surface area contributed by atoms with Gasteiger partial charge in [-0.1, -0.05) is 36.4 Å². The lowest BCUT2D eigenvalue weighted by Gasteiger charge is -2.32. The van der Waals surface area contributed by atoms with Gasteiger partial charge in [0.15, 0.2) is 0 Å². The predicted molar refractivity (Wildman–Crippen MR) is 92.3 cm³/mol. The highest BCUT2D eigenvalue weighted by atomic mass is 16.7. The van der Waals surface area contributed by atoms with Crippen LogP contribution < -0.4 is 5.46 Å². The van der Waals surface area contributed by atoms with Crippen molar-refractivity contribution in [1.29, 1.82) is 5.26 Å². The van der Waals surface area contributed by atoms with Crippen LogP contribution in [0.25, 0.3) is 11.1 Å². The van der Waals surface area contributed by atoms with Gasteiger partial charge in [-0.25, -0.2) is 0 Å². The molecule has 1 aliphatic rings. The van der Waals surface area contributed by atoms with Crippen LogP contribution in [0.5, 0.6) is 0 Å². The Balaban J connectivity index is 2.03. The van der Waals surface area contributed by atoms with Crippen molar-refractivity contribution in [2.45, 2.75) is 38.9 Å². The van der Waals surface area contributed by atoms with Crippen LogP contribution in [0.15, 0.2) is 48.5 Å². The van der Waals surface area contributed by atoms with Crippen molar-refractivity contribution in [3.05, 3.63) is 54.1 Å². The Morgan fingerprint density at radius 3 is 2.04 bits per heavy atom. The van der Waals surface area contributed by atoms with Gasteiger partial charge in [0.2, 0.25) is 0 Å². The summed E-state index contributed by atoms with van der Waals surface area (Å²) in [5, 5.41) is 9.35. The van der Waals surface area contributed by atoms with Crippen LogP contribution in [0, 0.1) is 11.3 Å². The topological polar surface area (TPSA) is 42.2 Å². The first-order chi connectivity index (χ1) is 10.8. The third kappa shape index (κ3) is 2.90. The van der Waals surface area contributed by atoms with E-state index < -0.39 is 18.3 Å². The normalized spacial score (nSPS) is 18.7. The molecule has 0 radical (unpaired) electrons. The summed E-state index contributed by atoms with van der Waals surface area (Å²) in [6, 6.07) is 18.0. The molecule has 116 valence electrons. The maximum Gasteiger partial charge on any atom is 0.494 e. The molecule has 0 amide bonds. The Hall–Kier alpha value is -2.09. The molecule has 0 bridgehead atoms. The quantitative estimate of drug-likeness (QED) is 0.797. The third-order valence-corrected chi connectivity index (χ3v) is 4.72. The first kappa shape index (κ1) is 15.8. The molecule has 2 aromatic carbocycles. The van der Waals surface area contributed by atoms with Gasteiger partial charge in [-0.15, -0.1) is 0 Å². The van der Waals surface area contributed by atoms with E-state index in [1.165, 1.54) is 0 Å². The van der Waals surface area contributed by atoms with Crippen LogP contribution in [0.4, 0.5) is 0 Å². The van der Waals surface area contributed by atoms with Crippen LogP contribution in [0.3, 0.4) is 0 Å². The molecule has 0 spiro atoms. The summed E-state index contributed by atoms with van der Waals surface area (Å²) in [6.45, 7) is 8.11. The number of nitrogens with zero attached hydrogens (tertiary/aromatic N) is 1. The molecular weight excluding hydrogens is 285 g/mol. The fourth-order valence-corrected chi connectivity index (χ4v) is 2.63. The average Bonchev–Trinajstić information content (AvgIpc) is 2.76. The summed E-state index contributed by atoms with van der Waals surface area (Å²) >= 11 is 0. The molecule has 2 aromatic rings. The van der Waals surface area contributed by atoms with Crippen LogP contribution in [0.1, 0.15) is 33.3 Å².